The fourth-order valence-corrected chi connectivity index (χ4v) is 1.87. The van der Waals surface area contributed by atoms with Crippen molar-refractivity contribution in [2.75, 3.05) is 12.8 Å². The van der Waals surface area contributed by atoms with E-state index in [1.807, 2.05) is 5.38 Å². The maximum atomic E-state index is 5.70. The monoisotopic (exact) mass is 210 g/mol. The minimum atomic E-state index is 0.526. The summed E-state index contributed by atoms with van der Waals surface area (Å²) >= 11 is 1.54. The first-order valence-electron chi connectivity index (χ1n) is 4.04. The van der Waals surface area contributed by atoms with E-state index in [4.69, 9.17) is 10.5 Å². The van der Waals surface area contributed by atoms with E-state index < -0.39 is 0 Å². The standard InChI is InChI=1S/C8H10N4OS/c1-13-3-7-11-6(4-14-7)8-5(9)2-10-12-8/h2,4H,3,9H2,1H3,(H,10,12). The van der Waals surface area contributed by atoms with Crippen molar-refractivity contribution >= 4 is 17.0 Å². The molecule has 0 spiro atoms. The number of aromatic amines is 1. The molecule has 0 aliphatic heterocycles. The lowest BCUT2D eigenvalue weighted by molar-refractivity contribution is 0.184. The van der Waals surface area contributed by atoms with Crippen LogP contribution in [-0.2, 0) is 11.3 Å². The molecule has 6 heteroatoms. The van der Waals surface area contributed by atoms with Gasteiger partial charge in [-0.15, -0.1) is 11.3 Å². The molecule has 14 heavy (non-hydrogen) atoms. The van der Waals surface area contributed by atoms with Crippen LogP contribution in [0.4, 0.5) is 5.69 Å². The van der Waals surface area contributed by atoms with Crippen LogP contribution in [0.2, 0.25) is 0 Å². The Hall–Kier alpha value is -1.40. The number of H-pyrrole nitrogens is 1. The van der Waals surface area contributed by atoms with Crippen molar-refractivity contribution in [3.8, 4) is 11.4 Å². The summed E-state index contributed by atoms with van der Waals surface area (Å²) in [6.45, 7) is 0.526. The lowest BCUT2D eigenvalue weighted by atomic mass is 10.3. The highest BCUT2D eigenvalue weighted by Crippen LogP contribution is 2.24. The van der Waals surface area contributed by atoms with E-state index in [0.717, 1.165) is 16.4 Å². The van der Waals surface area contributed by atoms with Crippen molar-refractivity contribution < 1.29 is 4.74 Å². The average Bonchev–Trinajstić information content (AvgIpc) is 2.74. The van der Waals surface area contributed by atoms with Crippen molar-refractivity contribution in [3.05, 3.63) is 16.6 Å². The molecular weight excluding hydrogens is 200 g/mol. The third kappa shape index (κ3) is 1.61. The van der Waals surface area contributed by atoms with Gasteiger partial charge in [0.25, 0.3) is 0 Å². The molecule has 0 amide bonds. The van der Waals surface area contributed by atoms with Crippen LogP contribution in [0.5, 0.6) is 0 Å². The number of anilines is 1. The zero-order chi connectivity index (χ0) is 9.97. The molecule has 0 saturated carbocycles. The summed E-state index contributed by atoms with van der Waals surface area (Å²) in [4.78, 5) is 4.35. The van der Waals surface area contributed by atoms with E-state index in [2.05, 4.69) is 15.2 Å². The number of hydrogen-bond acceptors (Lipinski definition) is 5. The maximum absolute atomic E-state index is 5.70. The van der Waals surface area contributed by atoms with Gasteiger partial charge in [0.05, 0.1) is 18.5 Å². The summed E-state index contributed by atoms with van der Waals surface area (Å²) in [5.74, 6) is 0. The van der Waals surface area contributed by atoms with E-state index in [1.54, 1.807) is 24.6 Å². The Bertz CT molecular complexity index is 422. The fourth-order valence-electron chi connectivity index (χ4n) is 1.12. The van der Waals surface area contributed by atoms with E-state index in [-0.39, 0.29) is 0 Å². The summed E-state index contributed by atoms with van der Waals surface area (Å²) < 4.78 is 4.98. The Morgan fingerprint density at radius 3 is 3.14 bits per heavy atom. The van der Waals surface area contributed by atoms with Crippen LogP contribution in [0.15, 0.2) is 11.6 Å². The van der Waals surface area contributed by atoms with Crippen LogP contribution in [0, 0.1) is 0 Å². The van der Waals surface area contributed by atoms with Crippen LogP contribution < -0.4 is 5.73 Å². The van der Waals surface area contributed by atoms with Crippen LogP contribution in [-0.4, -0.2) is 22.3 Å². The second kappa shape index (κ2) is 3.77. The molecule has 0 aliphatic carbocycles. The van der Waals surface area contributed by atoms with Gasteiger partial charge in [0.2, 0.25) is 0 Å². The first kappa shape index (κ1) is 9.17. The second-order valence-electron chi connectivity index (χ2n) is 2.76. The number of rotatable bonds is 3. The summed E-state index contributed by atoms with van der Waals surface area (Å²) in [7, 11) is 1.64. The molecular formula is C8H10N4OS. The minimum Gasteiger partial charge on any atom is -0.396 e. The highest BCUT2D eigenvalue weighted by atomic mass is 32.1. The molecule has 0 unspecified atom stereocenters. The van der Waals surface area contributed by atoms with Crippen LogP contribution in [0.25, 0.3) is 11.4 Å². The van der Waals surface area contributed by atoms with Gasteiger partial charge in [-0.25, -0.2) is 4.98 Å². The number of nitrogens with one attached hydrogen (secondary N) is 1. The molecule has 0 fully saturated rings. The van der Waals surface area contributed by atoms with E-state index >= 15 is 0 Å². The van der Waals surface area contributed by atoms with Crippen LogP contribution >= 0.6 is 11.3 Å². The van der Waals surface area contributed by atoms with Crippen molar-refractivity contribution in [1.29, 1.82) is 0 Å². The predicted octanol–water partition coefficient (Wildman–Crippen LogP) is 1.26. The molecule has 0 atom stereocenters. The Kier molecular flexibility index (Phi) is 2.47. The molecule has 2 rings (SSSR count). The number of thiazole rings is 1. The van der Waals surface area contributed by atoms with Gasteiger partial charge in [0.1, 0.15) is 16.4 Å². The molecule has 0 bridgehead atoms. The smallest absolute Gasteiger partial charge is 0.119 e. The Morgan fingerprint density at radius 1 is 1.64 bits per heavy atom. The molecule has 0 saturated heterocycles. The number of methoxy groups -OCH3 is 1. The number of aromatic nitrogens is 3. The topological polar surface area (TPSA) is 76.8 Å². The summed E-state index contributed by atoms with van der Waals surface area (Å²) in [6.07, 6.45) is 1.57. The van der Waals surface area contributed by atoms with Gasteiger partial charge < -0.3 is 10.5 Å². The molecule has 5 nitrogen and oxygen atoms in total. The highest BCUT2D eigenvalue weighted by molar-refractivity contribution is 7.09. The molecule has 0 radical (unpaired) electrons. The highest BCUT2D eigenvalue weighted by Gasteiger charge is 2.08. The first-order valence-corrected chi connectivity index (χ1v) is 4.92. The van der Waals surface area contributed by atoms with Gasteiger partial charge in [-0.05, 0) is 0 Å². The molecule has 3 N–H and O–H groups in total. The SMILES string of the molecule is COCc1nc(-c2[nH]ncc2N)cs1. The normalized spacial score (nSPS) is 10.6. The van der Waals surface area contributed by atoms with Crippen molar-refractivity contribution in [2.45, 2.75) is 6.61 Å². The Morgan fingerprint density at radius 2 is 2.50 bits per heavy atom. The van der Waals surface area contributed by atoms with Gasteiger partial charge in [0, 0.05) is 12.5 Å². The molecule has 74 valence electrons. The van der Waals surface area contributed by atoms with Gasteiger partial charge in [0.15, 0.2) is 0 Å². The zero-order valence-corrected chi connectivity index (χ0v) is 8.47. The fraction of sp³-hybridized carbons (Fsp3) is 0.250. The summed E-state index contributed by atoms with van der Waals surface area (Å²) in [5, 5.41) is 9.50. The van der Waals surface area contributed by atoms with Crippen LogP contribution in [0.3, 0.4) is 0 Å². The molecule has 2 aromatic heterocycles. The van der Waals surface area contributed by atoms with Gasteiger partial charge in [-0.3, -0.25) is 5.10 Å². The molecule has 0 aromatic carbocycles. The quantitative estimate of drug-likeness (QED) is 0.799. The Labute approximate surface area is 84.9 Å². The number of ether oxygens (including phenoxy) is 1. The summed E-state index contributed by atoms with van der Waals surface area (Å²) in [5.41, 5.74) is 7.89. The lowest BCUT2D eigenvalue weighted by Gasteiger charge is -1.93. The Balaban J connectivity index is 2.29. The van der Waals surface area contributed by atoms with Gasteiger partial charge in [-0.2, -0.15) is 5.10 Å². The van der Waals surface area contributed by atoms with E-state index in [9.17, 15) is 0 Å². The maximum Gasteiger partial charge on any atom is 0.119 e. The average molecular weight is 210 g/mol. The minimum absolute atomic E-state index is 0.526. The lowest BCUT2D eigenvalue weighted by Crippen LogP contribution is -1.89. The molecule has 0 aliphatic rings. The number of nitrogen functional groups attached to an aromatic ring is 1. The van der Waals surface area contributed by atoms with Gasteiger partial charge in [-0.1, -0.05) is 0 Å². The van der Waals surface area contributed by atoms with Crippen molar-refractivity contribution in [2.24, 2.45) is 0 Å². The van der Waals surface area contributed by atoms with E-state index in [1.165, 1.54) is 0 Å². The first-order chi connectivity index (χ1) is 6.81. The van der Waals surface area contributed by atoms with Crippen molar-refractivity contribution in [3.63, 3.8) is 0 Å². The zero-order valence-electron chi connectivity index (χ0n) is 7.65. The molecule has 2 aromatic rings. The largest absolute Gasteiger partial charge is 0.396 e. The summed E-state index contributed by atoms with van der Waals surface area (Å²) in [6, 6.07) is 0. The number of nitrogens with zero attached hydrogens (tertiary/aromatic N) is 2. The third-order valence-electron chi connectivity index (χ3n) is 1.74. The predicted molar refractivity (Wildman–Crippen MR) is 54.8 cm³/mol. The van der Waals surface area contributed by atoms with Gasteiger partial charge >= 0.3 is 0 Å². The third-order valence-corrected chi connectivity index (χ3v) is 2.57. The van der Waals surface area contributed by atoms with Crippen molar-refractivity contribution in [1.82, 2.24) is 15.2 Å². The number of nitrogens with two attached hydrogens (primary N) is 1. The number of hydrogen-bond donors (Lipinski definition) is 2. The van der Waals surface area contributed by atoms with Crippen LogP contribution in [0.1, 0.15) is 5.01 Å². The molecule has 2 heterocycles. The van der Waals surface area contributed by atoms with E-state index in [0.29, 0.717) is 12.3 Å². The second-order valence-corrected chi connectivity index (χ2v) is 3.70.